The fourth-order valence-corrected chi connectivity index (χ4v) is 6.03. The first-order valence-electron chi connectivity index (χ1n) is 15.7. The summed E-state index contributed by atoms with van der Waals surface area (Å²) in [6.07, 6.45) is 1.81. The van der Waals surface area contributed by atoms with Crippen molar-refractivity contribution in [3.8, 4) is 11.4 Å². The molecule has 236 valence electrons. The van der Waals surface area contributed by atoms with Gasteiger partial charge in [-0.1, -0.05) is 50.6 Å². The largest absolute Gasteiger partial charge is 0.466 e. The number of fused-ring (bicyclic) bond motifs is 1. The Morgan fingerprint density at radius 3 is 2.25 bits per heavy atom. The van der Waals surface area contributed by atoms with Gasteiger partial charge in [0.1, 0.15) is 17.6 Å². The molecule has 0 radical (unpaired) electrons. The minimum atomic E-state index is -0.742. The number of amides is 3. The van der Waals surface area contributed by atoms with Crippen LogP contribution in [0.4, 0.5) is 10.6 Å². The van der Waals surface area contributed by atoms with Gasteiger partial charge in [-0.05, 0) is 31.6 Å². The zero-order valence-electron chi connectivity index (χ0n) is 25.7. The number of esters is 1. The third kappa shape index (κ3) is 6.95. The van der Waals surface area contributed by atoms with E-state index in [-0.39, 0.29) is 41.4 Å². The molecule has 1 aromatic carbocycles. The zero-order valence-corrected chi connectivity index (χ0v) is 25.7. The van der Waals surface area contributed by atoms with Crippen molar-refractivity contribution >= 4 is 29.7 Å². The first-order valence-corrected chi connectivity index (χ1v) is 15.7. The molecule has 3 aliphatic rings. The van der Waals surface area contributed by atoms with Crippen LogP contribution in [0.1, 0.15) is 50.5 Å². The molecule has 2 unspecified atom stereocenters. The van der Waals surface area contributed by atoms with E-state index < -0.39 is 11.9 Å². The summed E-state index contributed by atoms with van der Waals surface area (Å²) >= 11 is 0. The molecule has 2 saturated heterocycles. The molecule has 5 rings (SSSR count). The van der Waals surface area contributed by atoms with Crippen molar-refractivity contribution in [1.29, 1.82) is 0 Å². The molecule has 44 heavy (non-hydrogen) atoms. The predicted octanol–water partition coefficient (Wildman–Crippen LogP) is 2.98. The number of ether oxygens (including phenoxy) is 2. The van der Waals surface area contributed by atoms with Gasteiger partial charge in [-0.3, -0.25) is 14.4 Å². The summed E-state index contributed by atoms with van der Waals surface area (Å²) in [5.41, 5.74) is 0.939. The smallest absolute Gasteiger partial charge is 0.409 e. The van der Waals surface area contributed by atoms with Crippen molar-refractivity contribution in [2.24, 2.45) is 17.8 Å². The van der Waals surface area contributed by atoms with Crippen molar-refractivity contribution in [3.63, 3.8) is 0 Å². The number of hydrogen-bond donors (Lipinski definition) is 1. The average molecular weight is 607 g/mol. The van der Waals surface area contributed by atoms with Gasteiger partial charge in [0.25, 0.3) is 5.91 Å². The third-order valence-electron chi connectivity index (χ3n) is 8.64. The number of carbonyl (C=O) groups is 4. The number of benzene rings is 1. The number of hydrogen-bond acceptors (Lipinski definition) is 9. The fraction of sp³-hybridized carbons (Fsp3) is 0.562. The lowest BCUT2D eigenvalue weighted by atomic mass is 10.1. The van der Waals surface area contributed by atoms with Crippen LogP contribution < -0.4 is 10.2 Å². The Kier molecular flexibility index (Phi) is 9.96. The van der Waals surface area contributed by atoms with Crippen molar-refractivity contribution in [2.75, 3.05) is 57.4 Å². The van der Waals surface area contributed by atoms with Crippen LogP contribution in [0, 0.1) is 17.8 Å². The van der Waals surface area contributed by atoms with Crippen LogP contribution in [0.15, 0.2) is 36.4 Å². The number of piperidine rings is 1. The van der Waals surface area contributed by atoms with Gasteiger partial charge in [-0.25, -0.2) is 14.8 Å². The lowest BCUT2D eigenvalue weighted by Crippen LogP contribution is -2.55. The van der Waals surface area contributed by atoms with Gasteiger partial charge >= 0.3 is 12.1 Å². The second-order valence-corrected chi connectivity index (χ2v) is 11.5. The molecule has 3 atom stereocenters. The second kappa shape index (κ2) is 14.0. The van der Waals surface area contributed by atoms with Crippen LogP contribution >= 0.6 is 0 Å². The third-order valence-corrected chi connectivity index (χ3v) is 8.64. The maximum Gasteiger partial charge on any atom is 0.409 e. The Hall–Kier alpha value is -4.22. The molecule has 2 aliphatic heterocycles. The van der Waals surface area contributed by atoms with E-state index in [0.29, 0.717) is 70.5 Å². The van der Waals surface area contributed by atoms with Gasteiger partial charge in [-0.15, -0.1) is 0 Å². The minimum absolute atomic E-state index is 0.0747. The highest BCUT2D eigenvalue weighted by molar-refractivity contribution is 5.97. The van der Waals surface area contributed by atoms with Crippen LogP contribution in [0.2, 0.25) is 0 Å². The summed E-state index contributed by atoms with van der Waals surface area (Å²) in [4.78, 5) is 66.3. The Labute approximate surface area is 258 Å². The molecule has 2 aromatic rings. The van der Waals surface area contributed by atoms with Crippen LogP contribution in [-0.2, 0) is 19.1 Å². The number of piperazine rings is 1. The highest BCUT2D eigenvalue weighted by Crippen LogP contribution is 2.53. The highest BCUT2D eigenvalue weighted by atomic mass is 16.6. The van der Waals surface area contributed by atoms with Crippen molar-refractivity contribution < 1.29 is 28.7 Å². The topological polar surface area (TPSA) is 134 Å². The molecule has 3 amide bonds. The van der Waals surface area contributed by atoms with Crippen LogP contribution in [0.5, 0.6) is 0 Å². The van der Waals surface area contributed by atoms with Crippen LogP contribution in [0.3, 0.4) is 0 Å². The Morgan fingerprint density at radius 2 is 1.61 bits per heavy atom. The highest BCUT2D eigenvalue weighted by Gasteiger charge is 2.60. The number of anilines is 1. The molecule has 12 nitrogen and oxygen atoms in total. The van der Waals surface area contributed by atoms with Gasteiger partial charge in [-0.2, -0.15) is 0 Å². The Bertz CT molecular complexity index is 1340. The van der Waals surface area contributed by atoms with Crippen molar-refractivity contribution in [2.45, 2.75) is 46.1 Å². The summed E-state index contributed by atoms with van der Waals surface area (Å²) in [5.74, 6) is 0.578. The molecule has 0 spiro atoms. The number of carbonyl (C=O) groups excluding carboxylic acids is 4. The predicted molar refractivity (Wildman–Crippen MR) is 163 cm³/mol. The quantitative estimate of drug-likeness (QED) is 0.303. The number of aromatic nitrogens is 2. The molecule has 0 bridgehead atoms. The summed E-state index contributed by atoms with van der Waals surface area (Å²) in [5, 5.41) is 2.89. The summed E-state index contributed by atoms with van der Waals surface area (Å²) in [6, 6.07) is 10.4. The van der Waals surface area contributed by atoms with E-state index in [1.54, 1.807) is 15.9 Å². The van der Waals surface area contributed by atoms with Gasteiger partial charge < -0.3 is 29.5 Å². The molecule has 1 N–H and O–H groups in total. The lowest BCUT2D eigenvalue weighted by molar-refractivity contribution is -0.145. The van der Waals surface area contributed by atoms with E-state index in [1.165, 1.54) is 0 Å². The maximum absolute atomic E-state index is 13.6. The van der Waals surface area contributed by atoms with E-state index >= 15 is 0 Å². The molecule has 3 heterocycles. The summed E-state index contributed by atoms with van der Waals surface area (Å²) < 4.78 is 10.5. The molecular formula is C32H42N6O6. The summed E-state index contributed by atoms with van der Waals surface area (Å²) in [7, 11) is 0. The molecule has 1 aromatic heterocycles. The lowest BCUT2D eigenvalue weighted by Gasteiger charge is -2.35. The fourth-order valence-electron chi connectivity index (χ4n) is 6.03. The SMILES string of the molecule is CCCCOC(=O)N1CCN(C(=O)[C@H](CC)NC(=O)c2cc(N3CC4C(C3)C4C(=O)OCC)nc(-c3ccccc3)n2)CC1. The minimum Gasteiger partial charge on any atom is -0.466 e. The van der Waals surface area contributed by atoms with Gasteiger partial charge in [0.05, 0.1) is 19.1 Å². The van der Waals surface area contributed by atoms with Crippen LogP contribution in [0.25, 0.3) is 11.4 Å². The molecular weight excluding hydrogens is 564 g/mol. The van der Waals surface area contributed by atoms with Gasteiger partial charge in [0.2, 0.25) is 5.91 Å². The molecule has 1 saturated carbocycles. The number of unbranched alkanes of at least 4 members (excludes halogenated alkanes) is 1. The summed E-state index contributed by atoms with van der Waals surface area (Å²) in [6.45, 7) is 9.25. The van der Waals surface area contributed by atoms with Crippen molar-refractivity contribution in [1.82, 2.24) is 25.1 Å². The molecule has 12 heteroatoms. The number of rotatable bonds is 11. The number of nitrogens with zero attached hydrogens (tertiary/aromatic N) is 5. The maximum atomic E-state index is 13.6. The zero-order chi connectivity index (χ0) is 31.2. The molecule has 1 aliphatic carbocycles. The van der Waals surface area contributed by atoms with E-state index in [9.17, 15) is 19.2 Å². The normalized spacial score (nSPS) is 21.3. The van der Waals surface area contributed by atoms with E-state index in [2.05, 4.69) is 15.2 Å². The molecule has 3 fully saturated rings. The second-order valence-electron chi connectivity index (χ2n) is 11.5. The monoisotopic (exact) mass is 606 g/mol. The first kappa shape index (κ1) is 31.2. The van der Waals surface area contributed by atoms with E-state index in [0.717, 1.165) is 18.4 Å². The first-order chi connectivity index (χ1) is 21.3. The number of nitrogens with one attached hydrogen (secondary N) is 1. The Morgan fingerprint density at radius 1 is 0.932 bits per heavy atom. The van der Waals surface area contributed by atoms with Gasteiger partial charge in [0, 0.05) is 50.9 Å². The average Bonchev–Trinajstić information content (AvgIpc) is 3.56. The van der Waals surface area contributed by atoms with E-state index in [1.807, 2.05) is 51.1 Å². The van der Waals surface area contributed by atoms with E-state index in [4.69, 9.17) is 14.5 Å². The standard InChI is InChI=1S/C32H42N6O6/c1-4-7-17-44-32(42)37-15-13-36(14-16-37)30(40)24(5-2)34-29(39)25-18-26(35-28(33-25)21-11-9-8-10-12-21)38-19-22-23(20-38)27(22)31(41)43-6-3/h8-12,18,22-24,27H,4-7,13-17,19-20H2,1-3H3,(H,34,39)/t22?,23?,24-,27?/m0/s1. The van der Waals surface area contributed by atoms with Crippen LogP contribution in [-0.4, -0.2) is 102 Å². The Balaban J connectivity index is 1.25. The van der Waals surface area contributed by atoms with Crippen molar-refractivity contribution in [3.05, 3.63) is 42.1 Å². The van der Waals surface area contributed by atoms with Gasteiger partial charge in [0.15, 0.2) is 5.82 Å².